The first-order valence-electron chi connectivity index (χ1n) is 7.49. The van der Waals surface area contributed by atoms with Crippen LogP contribution < -0.4 is 5.32 Å². The van der Waals surface area contributed by atoms with Gasteiger partial charge in [0.05, 0.1) is 5.02 Å². The van der Waals surface area contributed by atoms with Crippen molar-refractivity contribution in [3.63, 3.8) is 0 Å². The van der Waals surface area contributed by atoms with Gasteiger partial charge in [-0.2, -0.15) is 0 Å². The van der Waals surface area contributed by atoms with Crippen molar-refractivity contribution in [2.45, 2.75) is 31.6 Å². The summed E-state index contributed by atoms with van der Waals surface area (Å²) in [6, 6.07) is 6.06. The summed E-state index contributed by atoms with van der Waals surface area (Å²) in [5, 5.41) is 4.25. The minimum atomic E-state index is 0.0668. The number of carbonyl (C=O) groups excluding carboxylic acids is 1. The fourth-order valence-electron chi connectivity index (χ4n) is 3.51. The van der Waals surface area contributed by atoms with E-state index in [0.717, 1.165) is 46.3 Å². The van der Waals surface area contributed by atoms with Crippen LogP contribution in [-0.2, 0) is 4.79 Å². The average Bonchev–Trinajstić information content (AvgIpc) is 2.96. The van der Waals surface area contributed by atoms with Gasteiger partial charge in [0.2, 0.25) is 0 Å². The van der Waals surface area contributed by atoms with Gasteiger partial charge in [0.1, 0.15) is 0 Å². The van der Waals surface area contributed by atoms with Crippen LogP contribution in [0, 0.1) is 0 Å². The van der Waals surface area contributed by atoms with Crippen molar-refractivity contribution in [1.82, 2.24) is 5.32 Å². The van der Waals surface area contributed by atoms with Gasteiger partial charge in [-0.05, 0) is 52.9 Å². The van der Waals surface area contributed by atoms with Gasteiger partial charge in [0.15, 0.2) is 5.78 Å². The maximum Gasteiger partial charge on any atom is 0.161 e. The lowest BCUT2D eigenvalue weighted by Gasteiger charge is -2.33. The van der Waals surface area contributed by atoms with Gasteiger partial charge in [-0.1, -0.05) is 17.7 Å². The van der Waals surface area contributed by atoms with Gasteiger partial charge in [0.25, 0.3) is 0 Å². The maximum absolute atomic E-state index is 12.6. The first kappa shape index (κ1) is 14.9. The van der Waals surface area contributed by atoms with Crippen LogP contribution in [0.25, 0.3) is 0 Å². The predicted molar refractivity (Wildman–Crippen MR) is 95.0 cm³/mol. The molecule has 1 atom stereocenters. The lowest BCUT2D eigenvalue weighted by molar-refractivity contribution is -0.116. The number of thioether (sulfide) groups is 1. The number of benzene rings is 1. The zero-order valence-corrected chi connectivity index (χ0v) is 15.1. The fourth-order valence-corrected chi connectivity index (χ4v) is 5.22. The molecule has 2 heterocycles. The van der Waals surface area contributed by atoms with Crippen LogP contribution in [0.4, 0.5) is 0 Å². The van der Waals surface area contributed by atoms with E-state index in [2.05, 4.69) is 27.3 Å². The molecule has 1 aromatic rings. The number of ketones is 1. The van der Waals surface area contributed by atoms with Crippen molar-refractivity contribution >= 4 is 45.1 Å². The summed E-state index contributed by atoms with van der Waals surface area (Å²) in [5.41, 5.74) is 4.54. The quantitative estimate of drug-likeness (QED) is 0.712. The normalized spacial score (nSPS) is 24.3. The molecule has 0 radical (unpaired) electrons. The smallest absolute Gasteiger partial charge is 0.161 e. The van der Waals surface area contributed by atoms with E-state index in [1.165, 1.54) is 10.6 Å². The number of dihydropyridines is 1. The van der Waals surface area contributed by atoms with Crippen molar-refractivity contribution in [2.24, 2.45) is 0 Å². The van der Waals surface area contributed by atoms with Crippen molar-refractivity contribution in [2.75, 3.05) is 5.75 Å². The number of Topliss-reactive ketones (excluding diaryl/α,β-unsaturated/α-hetero) is 1. The zero-order valence-electron chi connectivity index (χ0n) is 11.9. The van der Waals surface area contributed by atoms with Gasteiger partial charge in [-0.25, -0.2) is 0 Å². The number of hydrogen-bond donors (Lipinski definition) is 1. The van der Waals surface area contributed by atoms with E-state index in [9.17, 15) is 4.79 Å². The molecule has 4 rings (SSSR count). The lowest BCUT2D eigenvalue weighted by Crippen LogP contribution is -2.30. The summed E-state index contributed by atoms with van der Waals surface area (Å²) >= 11 is 11.6. The van der Waals surface area contributed by atoms with Crippen molar-refractivity contribution < 1.29 is 4.79 Å². The van der Waals surface area contributed by atoms with Crippen molar-refractivity contribution in [3.8, 4) is 0 Å². The third-order valence-corrected chi connectivity index (χ3v) is 6.93. The summed E-state index contributed by atoms with van der Waals surface area (Å²) < 4.78 is 0.893. The van der Waals surface area contributed by atoms with E-state index in [4.69, 9.17) is 11.6 Å². The van der Waals surface area contributed by atoms with Crippen LogP contribution >= 0.6 is 39.3 Å². The third kappa shape index (κ3) is 2.36. The summed E-state index contributed by atoms with van der Waals surface area (Å²) in [4.78, 5) is 13.9. The summed E-state index contributed by atoms with van der Waals surface area (Å²) in [6.07, 6.45) is 3.65. The monoisotopic (exact) mass is 395 g/mol. The van der Waals surface area contributed by atoms with E-state index in [0.29, 0.717) is 11.4 Å². The highest BCUT2D eigenvalue weighted by molar-refractivity contribution is 9.10. The molecule has 0 saturated carbocycles. The zero-order chi connectivity index (χ0) is 15.3. The molecule has 2 aliphatic heterocycles. The Labute approximate surface area is 147 Å². The average molecular weight is 397 g/mol. The molecule has 1 aromatic carbocycles. The Morgan fingerprint density at radius 1 is 1.23 bits per heavy atom. The van der Waals surface area contributed by atoms with Crippen LogP contribution in [0.2, 0.25) is 5.02 Å². The van der Waals surface area contributed by atoms with E-state index >= 15 is 0 Å². The molecule has 0 amide bonds. The molecule has 5 heteroatoms. The lowest BCUT2D eigenvalue weighted by atomic mass is 9.79. The molecule has 1 unspecified atom stereocenters. The SMILES string of the molecule is O=C1CCCC2=C1C(c1ccc(Br)c(Cl)c1)C1=C(CCS1)N2. The molecule has 0 bridgehead atoms. The maximum atomic E-state index is 12.6. The Morgan fingerprint density at radius 2 is 2.09 bits per heavy atom. The van der Waals surface area contributed by atoms with Gasteiger partial charge in [-0.3, -0.25) is 4.79 Å². The van der Waals surface area contributed by atoms with Crippen LogP contribution in [-0.4, -0.2) is 11.5 Å². The number of hydrogen-bond acceptors (Lipinski definition) is 3. The third-order valence-electron chi connectivity index (χ3n) is 4.49. The molecule has 0 fully saturated rings. The summed E-state index contributed by atoms with van der Waals surface area (Å²) in [5.74, 6) is 1.45. The molecule has 2 nitrogen and oxygen atoms in total. The number of halogens is 2. The number of carbonyl (C=O) groups is 1. The minimum absolute atomic E-state index is 0.0668. The van der Waals surface area contributed by atoms with Crippen molar-refractivity contribution in [1.29, 1.82) is 0 Å². The minimum Gasteiger partial charge on any atom is -0.361 e. The Bertz CT molecular complexity index is 740. The number of allylic oxidation sites excluding steroid dienone is 4. The second-order valence-corrected chi connectivity index (χ2v) is 8.24. The molecule has 0 spiro atoms. The predicted octanol–water partition coefficient (Wildman–Crippen LogP) is 5.14. The second kappa shape index (κ2) is 5.73. The summed E-state index contributed by atoms with van der Waals surface area (Å²) in [7, 11) is 0. The van der Waals surface area contributed by atoms with E-state index in [-0.39, 0.29) is 11.7 Å². The Kier molecular flexibility index (Phi) is 3.87. The van der Waals surface area contributed by atoms with E-state index in [1.807, 2.05) is 23.9 Å². The molecular formula is C17H15BrClNOS. The molecule has 0 aromatic heterocycles. The van der Waals surface area contributed by atoms with E-state index < -0.39 is 0 Å². The Hall–Kier alpha value is -0.710. The molecule has 114 valence electrons. The van der Waals surface area contributed by atoms with Crippen LogP contribution in [0.3, 0.4) is 0 Å². The highest BCUT2D eigenvalue weighted by atomic mass is 79.9. The summed E-state index contributed by atoms with van der Waals surface area (Å²) in [6.45, 7) is 0. The largest absolute Gasteiger partial charge is 0.361 e. The molecule has 0 saturated heterocycles. The van der Waals surface area contributed by atoms with Gasteiger partial charge in [0, 0.05) is 44.4 Å². The molecule has 22 heavy (non-hydrogen) atoms. The van der Waals surface area contributed by atoms with E-state index in [1.54, 1.807) is 0 Å². The van der Waals surface area contributed by atoms with Crippen LogP contribution in [0.15, 0.2) is 44.5 Å². The van der Waals surface area contributed by atoms with Gasteiger partial charge >= 0.3 is 0 Å². The highest BCUT2D eigenvalue weighted by Gasteiger charge is 2.38. The first-order valence-corrected chi connectivity index (χ1v) is 9.65. The fraction of sp³-hybridized carbons (Fsp3) is 0.353. The molecule has 1 aliphatic carbocycles. The topological polar surface area (TPSA) is 29.1 Å². The van der Waals surface area contributed by atoms with Gasteiger partial charge in [-0.15, -0.1) is 11.8 Å². The second-order valence-electron chi connectivity index (χ2n) is 5.84. The van der Waals surface area contributed by atoms with Crippen molar-refractivity contribution in [3.05, 3.63) is 55.1 Å². The van der Waals surface area contributed by atoms with Gasteiger partial charge < -0.3 is 5.32 Å². The molecule has 1 N–H and O–H groups in total. The molecular weight excluding hydrogens is 382 g/mol. The first-order chi connectivity index (χ1) is 10.6. The highest BCUT2D eigenvalue weighted by Crippen LogP contribution is 2.50. The Balaban J connectivity index is 1.87. The Morgan fingerprint density at radius 3 is 2.91 bits per heavy atom. The van der Waals surface area contributed by atoms with Crippen LogP contribution in [0.5, 0.6) is 0 Å². The van der Waals surface area contributed by atoms with Crippen LogP contribution in [0.1, 0.15) is 37.2 Å². The number of nitrogens with one attached hydrogen (secondary N) is 1. The molecule has 3 aliphatic rings. The standard InChI is InChI=1S/C17H15BrClNOS/c18-10-5-4-9(8-11(10)19)15-16-12(2-1-3-14(16)21)20-13-6-7-22-17(13)15/h4-5,8,15,20H,1-3,6-7H2. The number of rotatable bonds is 1.